The van der Waals surface area contributed by atoms with Gasteiger partial charge in [-0.15, -0.1) is 0 Å². The molecule has 0 N–H and O–H groups in total. The second-order valence-electron chi connectivity index (χ2n) is 6.67. The normalized spacial score (nSPS) is 17.0. The summed E-state index contributed by atoms with van der Waals surface area (Å²) in [5, 5.41) is 0. The first kappa shape index (κ1) is 15.8. The average molecular weight is 289 g/mol. The van der Waals surface area contributed by atoms with E-state index in [9.17, 15) is 0 Å². The second-order valence-corrected chi connectivity index (χ2v) is 6.67. The van der Waals surface area contributed by atoms with E-state index in [1.54, 1.807) is 0 Å². The molecule has 1 saturated heterocycles. The van der Waals surface area contributed by atoms with Gasteiger partial charge in [0.25, 0.3) is 0 Å². The zero-order chi connectivity index (χ0) is 15.5. The molecule has 116 valence electrons. The van der Waals surface area contributed by atoms with E-state index < -0.39 is 0 Å². The number of anilines is 1. The van der Waals surface area contributed by atoms with Crippen molar-refractivity contribution in [3.63, 3.8) is 0 Å². The van der Waals surface area contributed by atoms with Gasteiger partial charge < -0.3 is 14.5 Å². The number of rotatable bonds is 2. The fraction of sp³-hybridized carbons (Fsp3) is 0.588. The van der Waals surface area contributed by atoms with Gasteiger partial charge in [0.2, 0.25) is 0 Å². The Morgan fingerprint density at radius 2 is 1.76 bits per heavy atom. The van der Waals surface area contributed by atoms with Crippen LogP contribution in [0.2, 0.25) is 0 Å². The topological polar surface area (TPSA) is 28.1 Å². The smallest absolute Gasteiger partial charge is 0.110 e. The summed E-state index contributed by atoms with van der Waals surface area (Å²) in [5.74, 6) is 1.09. The van der Waals surface area contributed by atoms with Gasteiger partial charge in [-0.3, -0.25) is 0 Å². The highest BCUT2D eigenvalue weighted by Gasteiger charge is 2.22. The first-order chi connectivity index (χ1) is 9.89. The fourth-order valence-electron chi connectivity index (χ4n) is 2.68. The van der Waals surface area contributed by atoms with Crippen LogP contribution in [0.25, 0.3) is 0 Å². The molecule has 0 radical (unpaired) electrons. The number of amidine groups is 1. The van der Waals surface area contributed by atoms with Crippen LogP contribution in [-0.2, 0) is 4.74 Å². The summed E-state index contributed by atoms with van der Waals surface area (Å²) >= 11 is 0. The number of benzene rings is 1. The summed E-state index contributed by atoms with van der Waals surface area (Å²) in [7, 11) is 4.11. The van der Waals surface area contributed by atoms with Crippen molar-refractivity contribution < 1.29 is 4.74 Å². The van der Waals surface area contributed by atoms with Crippen molar-refractivity contribution in [2.75, 3.05) is 45.3 Å². The number of hydrogen-bond donors (Lipinski definition) is 0. The summed E-state index contributed by atoms with van der Waals surface area (Å²) < 4.78 is 5.45. The minimum atomic E-state index is 0.0155. The lowest BCUT2D eigenvalue weighted by molar-refractivity contribution is 0.123. The monoisotopic (exact) mass is 289 g/mol. The second kappa shape index (κ2) is 6.48. The molecule has 2 rings (SSSR count). The van der Waals surface area contributed by atoms with Gasteiger partial charge in [-0.1, -0.05) is 32.9 Å². The van der Waals surface area contributed by atoms with E-state index in [2.05, 4.69) is 68.9 Å². The van der Waals surface area contributed by atoms with E-state index in [1.165, 1.54) is 5.69 Å². The number of ether oxygens (including phenoxy) is 1. The molecule has 0 atom stereocenters. The Balaban J connectivity index is 2.39. The van der Waals surface area contributed by atoms with E-state index in [-0.39, 0.29) is 5.41 Å². The van der Waals surface area contributed by atoms with Crippen LogP contribution in [-0.4, -0.2) is 51.1 Å². The summed E-state index contributed by atoms with van der Waals surface area (Å²) in [6, 6.07) is 8.38. The molecule has 1 aliphatic heterocycles. The lowest BCUT2D eigenvalue weighted by Crippen LogP contribution is -2.36. The Kier molecular flexibility index (Phi) is 4.88. The highest BCUT2D eigenvalue weighted by molar-refractivity contribution is 5.90. The highest BCUT2D eigenvalue weighted by atomic mass is 16.5. The average Bonchev–Trinajstić information content (AvgIpc) is 2.44. The van der Waals surface area contributed by atoms with Crippen molar-refractivity contribution in [2.24, 2.45) is 10.4 Å². The highest BCUT2D eigenvalue weighted by Crippen LogP contribution is 2.31. The standard InChI is InChI=1S/C17H27N3O/c1-17(2,3)16(19(4)5)18-14-8-6-7-9-15(14)20-10-12-21-13-11-20/h6-9H,10-13H2,1-5H3/b18-16-. The van der Waals surface area contributed by atoms with Crippen LogP contribution in [0.15, 0.2) is 29.3 Å². The lowest BCUT2D eigenvalue weighted by atomic mass is 9.94. The molecule has 4 nitrogen and oxygen atoms in total. The predicted molar refractivity (Wildman–Crippen MR) is 89.7 cm³/mol. The number of para-hydroxylation sites is 2. The molecule has 21 heavy (non-hydrogen) atoms. The first-order valence-corrected chi connectivity index (χ1v) is 7.58. The van der Waals surface area contributed by atoms with E-state index >= 15 is 0 Å². The van der Waals surface area contributed by atoms with Crippen LogP contribution in [0.5, 0.6) is 0 Å². The maximum Gasteiger partial charge on any atom is 0.110 e. The molecule has 4 heteroatoms. The molecule has 0 aromatic heterocycles. The van der Waals surface area contributed by atoms with Crippen LogP contribution in [0, 0.1) is 5.41 Å². The predicted octanol–water partition coefficient (Wildman–Crippen LogP) is 3.16. The fourth-order valence-corrected chi connectivity index (χ4v) is 2.68. The van der Waals surface area contributed by atoms with Gasteiger partial charge in [-0.05, 0) is 12.1 Å². The molecule has 0 unspecified atom stereocenters. The minimum absolute atomic E-state index is 0.0155. The van der Waals surface area contributed by atoms with Crippen molar-refractivity contribution >= 4 is 17.2 Å². The molecule has 1 aliphatic rings. The van der Waals surface area contributed by atoms with Crippen molar-refractivity contribution in [3.05, 3.63) is 24.3 Å². The Labute approximate surface area is 128 Å². The molecule has 0 amide bonds. The summed E-state index contributed by atoms with van der Waals surface area (Å²) in [4.78, 5) is 9.43. The Morgan fingerprint density at radius 3 is 2.33 bits per heavy atom. The van der Waals surface area contributed by atoms with Gasteiger partial charge in [0, 0.05) is 32.6 Å². The summed E-state index contributed by atoms with van der Waals surface area (Å²) in [6.07, 6.45) is 0. The van der Waals surface area contributed by atoms with Crippen molar-refractivity contribution in [3.8, 4) is 0 Å². The van der Waals surface area contributed by atoms with Gasteiger partial charge >= 0.3 is 0 Å². The van der Waals surface area contributed by atoms with E-state index in [4.69, 9.17) is 9.73 Å². The Bertz CT molecular complexity index is 497. The van der Waals surface area contributed by atoms with Crippen molar-refractivity contribution in [1.82, 2.24) is 4.90 Å². The SMILES string of the molecule is CN(C)/C(=N\c1ccccc1N1CCOCC1)C(C)(C)C. The number of nitrogens with zero attached hydrogens (tertiary/aromatic N) is 3. The van der Waals surface area contributed by atoms with Crippen molar-refractivity contribution in [2.45, 2.75) is 20.8 Å². The lowest BCUT2D eigenvalue weighted by Gasteiger charge is -2.31. The first-order valence-electron chi connectivity index (χ1n) is 7.58. The molecule has 0 aliphatic carbocycles. The molecule has 1 aromatic carbocycles. The maximum absolute atomic E-state index is 5.45. The third-order valence-corrected chi connectivity index (χ3v) is 3.55. The molecule has 1 aromatic rings. The zero-order valence-electron chi connectivity index (χ0n) is 13.9. The Morgan fingerprint density at radius 1 is 1.14 bits per heavy atom. The largest absolute Gasteiger partial charge is 0.378 e. The summed E-state index contributed by atoms with van der Waals surface area (Å²) in [6.45, 7) is 10.0. The van der Waals surface area contributed by atoms with Gasteiger partial charge in [-0.2, -0.15) is 0 Å². The molecular formula is C17H27N3O. The quantitative estimate of drug-likeness (QED) is 0.618. The summed E-state index contributed by atoms with van der Waals surface area (Å²) in [5.41, 5.74) is 2.25. The van der Waals surface area contributed by atoms with Crippen LogP contribution in [0.4, 0.5) is 11.4 Å². The van der Waals surface area contributed by atoms with Gasteiger partial charge in [0.15, 0.2) is 0 Å². The number of morpholine rings is 1. The molecule has 0 bridgehead atoms. The number of aliphatic imine (C=N–C) groups is 1. The van der Waals surface area contributed by atoms with Crippen LogP contribution >= 0.6 is 0 Å². The van der Waals surface area contributed by atoms with Gasteiger partial charge in [0.05, 0.1) is 24.6 Å². The van der Waals surface area contributed by atoms with Gasteiger partial charge in [0.1, 0.15) is 5.84 Å². The molecular weight excluding hydrogens is 262 g/mol. The zero-order valence-corrected chi connectivity index (χ0v) is 13.9. The van der Waals surface area contributed by atoms with Crippen LogP contribution in [0.3, 0.4) is 0 Å². The maximum atomic E-state index is 5.45. The van der Waals surface area contributed by atoms with E-state index in [1.807, 2.05) is 0 Å². The molecule has 1 heterocycles. The van der Waals surface area contributed by atoms with Crippen molar-refractivity contribution in [1.29, 1.82) is 0 Å². The molecule has 0 spiro atoms. The third kappa shape index (κ3) is 3.97. The van der Waals surface area contributed by atoms with E-state index in [0.717, 1.165) is 37.8 Å². The molecule has 1 fully saturated rings. The molecule has 0 saturated carbocycles. The third-order valence-electron chi connectivity index (χ3n) is 3.55. The van der Waals surface area contributed by atoms with E-state index in [0.29, 0.717) is 0 Å². The van der Waals surface area contributed by atoms with Crippen LogP contribution in [0.1, 0.15) is 20.8 Å². The number of hydrogen-bond acceptors (Lipinski definition) is 3. The Hall–Kier alpha value is -1.55. The van der Waals surface area contributed by atoms with Gasteiger partial charge in [-0.25, -0.2) is 4.99 Å². The van der Waals surface area contributed by atoms with Crippen LogP contribution < -0.4 is 4.90 Å². The minimum Gasteiger partial charge on any atom is -0.378 e.